The van der Waals surface area contributed by atoms with Gasteiger partial charge in [-0.15, -0.1) is 0 Å². The standard InChI is InChI=1S/C32H39N3O3/c1-3-25(2)26-17-19-28(20-18-26)37-23-10-9-22-35-30-15-8-7-14-29(30)34-31(35)16-11-21-33-32(36)24-38-27-12-5-4-6-13-27/h4-8,12-15,17-20,25H,3,9-11,16,21-24H2,1-2H3,(H,33,36). The molecule has 1 unspecified atom stereocenters. The summed E-state index contributed by atoms with van der Waals surface area (Å²) in [5.74, 6) is 3.15. The number of rotatable bonds is 15. The van der Waals surface area contributed by atoms with Crippen molar-refractivity contribution in [2.45, 2.75) is 58.4 Å². The minimum atomic E-state index is -0.114. The molecule has 1 amide bonds. The highest BCUT2D eigenvalue weighted by molar-refractivity contribution is 5.77. The number of aromatic nitrogens is 2. The number of aryl methyl sites for hydroxylation is 2. The summed E-state index contributed by atoms with van der Waals surface area (Å²) in [4.78, 5) is 17.0. The third-order valence-electron chi connectivity index (χ3n) is 6.85. The fourth-order valence-corrected chi connectivity index (χ4v) is 4.45. The Balaban J connectivity index is 1.21. The van der Waals surface area contributed by atoms with Crippen LogP contribution in [0.4, 0.5) is 0 Å². The molecule has 0 saturated heterocycles. The zero-order valence-electron chi connectivity index (χ0n) is 22.6. The lowest BCUT2D eigenvalue weighted by atomic mass is 9.99. The summed E-state index contributed by atoms with van der Waals surface area (Å²) >= 11 is 0. The van der Waals surface area contributed by atoms with Crippen molar-refractivity contribution in [2.75, 3.05) is 19.8 Å². The molecule has 1 N–H and O–H groups in total. The largest absolute Gasteiger partial charge is 0.494 e. The molecule has 0 aliphatic rings. The van der Waals surface area contributed by atoms with Crippen molar-refractivity contribution >= 4 is 16.9 Å². The quantitative estimate of drug-likeness (QED) is 0.183. The van der Waals surface area contributed by atoms with Crippen molar-refractivity contribution in [3.05, 3.63) is 90.3 Å². The molecule has 200 valence electrons. The van der Waals surface area contributed by atoms with Gasteiger partial charge in [-0.05, 0) is 73.6 Å². The number of imidazole rings is 1. The number of nitrogens with one attached hydrogen (secondary N) is 1. The zero-order valence-corrected chi connectivity index (χ0v) is 22.6. The first-order valence-corrected chi connectivity index (χ1v) is 13.8. The van der Waals surface area contributed by atoms with Gasteiger partial charge in [0.25, 0.3) is 5.91 Å². The topological polar surface area (TPSA) is 65.4 Å². The molecule has 4 rings (SSSR count). The van der Waals surface area contributed by atoms with Gasteiger partial charge in [0, 0.05) is 19.5 Å². The summed E-state index contributed by atoms with van der Waals surface area (Å²) in [5.41, 5.74) is 3.53. The van der Waals surface area contributed by atoms with Crippen molar-refractivity contribution in [3.63, 3.8) is 0 Å². The number of ether oxygens (including phenoxy) is 2. The number of carbonyl (C=O) groups is 1. The third-order valence-corrected chi connectivity index (χ3v) is 6.85. The van der Waals surface area contributed by atoms with Gasteiger partial charge in [-0.1, -0.05) is 56.3 Å². The Hall–Kier alpha value is -3.80. The van der Waals surface area contributed by atoms with Crippen LogP contribution >= 0.6 is 0 Å². The Morgan fingerprint density at radius 2 is 1.63 bits per heavy atom. The lowest BCUT2D eigenvalue weighted by molar-refractivity contribution is -0.123. The number of benzene rings is 3. The van der Waals surface area contributed by atoms with E-state index in [0.29, 0.717) is 24.8 Å². The van der Waals surface area contributed by atoms with Crippen LogP contribution in [-0.2, 0) is 17.8 Å². The van der Waals surface area contributed by atoms with Gasteiger partial charge >= 0.3 is 0 Å². The Morgan fingerprint density at radius 3 is 2.42 bits per heavy atom. The summed E-state index contributed by atoms with van der Waals surface area (Å²) in [6.45, 7) is 6.66. The second-order valence-electron chi connectivity index (χ2n) is 9.66. The first-order chi connectivity index (χ1) is 18.6. The predicted octanol–water partition coefficient (Wildman–Crippen LogP) is 6.54. The van der Waals surface area contributed by atoms with E-state index in [0.717, 1.165) is 61.3 Å². The maximum absolute atomic E-state index is 12.1. The van der Waals surface area contributed by atoms with Crippen LogP contribution in [0.1, 0.15) is 56.8 Å². The Morgan fingerprint density at radius 1 is 0.895 bits per heavy atom. The molecule has 4 aromatic rings. The van der Waals surface area contributed by atoms with E-state index < -0.39 is 0 Å². The van der Waals surface area contributed by atoms with Crippen LogP contribution in [0.15, 0.2) is 78.9 Å². The van der Waals surface area contributed by atoms with Crippen LogP contribution < -0.4 is 14.8 Å². The monoisotopic (exact) mass is 513 g/mol. The van der Waals surface area contributed by atoms with Gasteiger partial charge in [-0.2, -0.15) is 0 Å². The SMILES string of the molecule is CCC(C)c1ccc(OCCCCn2c(CCCNC(=O)COc3ccccc3)nc3ccccc32)cc1. The van der Waals surface area contributed by atoms with Crippen LogP contribution in [0.2, 0.25) is 0 Å². The van der Waals surface area contributed by atoms with Gasteiger partial charge in [0.2, 0.25) is 0 Å². The molecule has 6 heteroatoms. The number of nitrogens with zero attached hydrogens (tertiary/aromatic N) is 2. The van der Waals surface area contributed by atoms with Gasteiger partial charge in [0.1, 0.15) is 17.3 Å². The minimum Gasteiger partial charge on any atom is -0.494 e. The molecular formula is C32H39N3O3. The molecule has 0 aliphatic carbocycles. The highest BCUT2D eigenvalue weighted by atomic mass is 16.5. The van der Waals surface area contributed by atoms with E-state index in [9.17, 15) is 4.79 Å². The molecule has 0 radical (unpaired) electrons. The minimum absolute atomic E-state index is 0.0204. The molecule has 6 nitrogen and oxygen atoms in total. The Labute approximate surface area is 226 Å². The maximum Gasteiger partial charge on any atom is 0.257 e. The molecule has 1 aromatic heterocycles. The van der Waals surface area contributed by atoms with Crippen LogP contribution in [0.3, 0.4) is 0 Å². The summed E-state index contributed by atoms with van der Waals surface area (Å²) in [7, 11) is 0. The Bertz CT molecular complexity index is 1270. The van der Waals surface area contributed by atoms with E-state index >= 15 is 0 Å². The first kappa shape index (κ1) is 27.2. The van der Waals surface area contributed by atoms with Crippen LogP contribution in [-0.4, -0.2) is 35.2 Å². The average molecular weight is 514 g/mol. The summed E-state index contributed by atoms with van der Waals surface area (Å²) in [6.07, 6.45) is 4.73. The van der Waals surface area contributed by atoms with E-state index in [2.05, 4.69) is 66.2 Å². The summed E-state index contributed by atoms with van der Waals surface area (Å²) < 4.78 is 13.8. The van der Waals surface area contributed by atoms with Gasteiger partial charge < -0.3 is 19.4 Å². The number of hydrogen-bond acceptors (Lipinski definition) is 4. The zero-order chi connectivity index (χ0) is 26.6. The normalized spacial score (nSPS) is 11.8. The van der Waals surface area contributed by atoms with E-state index in [1.54, 1.807) is 0 Å². The van der Waals surface area contributed by atoms with Gasteiger partial charge in [-0.3, -0.25) is 4.79 Å². The number of carbonyl (C=O) groups excluding carboxylic acids is 1. The van der Waals surface area contributed by atoms with Crippen molar-refractivity contribution in [1.82, 2.24) is 14.9 Å². The van der Waals surface area contributed by atoms with Gasteiger partial charge in [0.15, 0.2) is 6.61 Å². The number of unbranched alkanes of at least 4 members (excludes halogenated alkanes) is 1. The van der Waals surface area contributed by atoms with E-state index in [1.807, 2.05) is 36.4 Å². The number of amides is 1. The molecule has 0 aliphatic heterocycles. The van der Waals surface area contributed by atoms with Crippen molar-refractivity contribution in [3.8, 4) is 11.5 Å². The molecular weight excluding hydrogens is 474 g/mol. The third kappa shape index (κ3) is 7.85. The van der Waals surface area contributed by atoms with Crippen LogP contribution in [0.25, 0.3) is 11.0 Å². The molecule has 1 heterocycles. The van der Waals surface area contributed by atoms with Crippen molar-refractivity contribution < 1.29 is 14.3 Å². The fraction of sp³-hybridized carbons (Fsp3) is 0.375. The number of fused-ring (bicyclic) bond motifs is 1. The van der Waals surface area contributed by atoms with E-state index in [-0.39, 0.29) is 12.5 Å². The van der Waals surface area contributed by atoms with E-state index in [4.69, 9.17) is 14.5 Å². The predicted molar refractivity (Wildman–Crippen MR) is 153 cm³/mol. The Kier molecular flexibility index (Phi) is 10.2. The van der Waals surface area contributed by atoms with Gasteiger partial charge in [-0.25, -0.2) is 4.98 Å². The van der Waals surface area contributed by atoms with Crippen molar-refractivity contribution in [2.24, 2.45) is 0 Å². The number of para-hydroxylation sites is 3. The average Bonchev–Trinajstić information content (AvgIpc) is 3.31. The lowest BCUT2D eigenvalue weighted by Crippen LogP contribution is -2.30. The van der Waals surface area contributed by atoms with Crippen molar-refractivity contribution in [1.29, 1.82) is 0 Å². The molecule has 0 saturated carbocycles. The molecule has 0 bridgehead atoms. The molecule has 0 fully saturated rings. The molecule has 0 spiro atoms. The highest BCUT2D eigenvalue weighted by Gasteiger charge is 2.11. The summed E-state index contributed by atoms with van der Waals surface area (Å²) in [6, 6.07) is 26.2. The molecule has 1 atom stereocenters. The smallest absolute Gasteiger partial charge is 0.257 e. The van der Waals surface area contributed by atoms with E-state index in [1.165, 1.54) is 5.56 Å². The lowest BCUT2D eigenvalue weighted by Gasteiger charge is -2.12. The molecule has 3 aromatic carbocycles. The van der Waals surface area contributed by atoms with Crippen LogP contribution in [0, 0.1) is 0 Å². The summed E-state index contributed by atoms with van der Waals surface area (Å²) in [5, 5.41) is 2.95. The van der Waals surface area contributed by atoms with Crippen LogP contribution in [0.5, 0.6) is 11.5 Å². The van der Waals surface area contributed by atoms with Gasteiger partial charge in [0.05, 0.1) is 17.6 Å². The molecule has 38 heavy (non-hydrogen) atoms. The first-order valence-electron chi connectivity index (χ1n) is 13.8. The number of hydrogen-bond donors (Lipinski definition) is 1. The second-order valence-corrected chi connectivity index (χ2v) is 9.66. The second kappa shape index (κ2) is 14.2. The maximum atomic E-state index is 12.1. The highest BCUT2D eigenvalue weighted by Crippen LogP contribution is 2.22. The fourth-order valence-electron chi connectivity index (χ4n) is 4.45.